The fourth-order valence-electron chi connectivity index (χ4n) is 4.51. The van der Waals surface area contributed by atoms with E-state index in [-0.39, 0.29) is 11.9 Å². The smallest absolute Gasteiger partial charge is 0.251 e. The van der Waals surface area contributed by atoms with Crippen molar-refractivity contribution in [1.82, 2.24) is 15.1 Å². The molecule has 0 saturated heterocycles. The first-order chi connectivity index (χ1) is 17.9. The molecule has 1 heterocycles. The molecule has 182 valence electrons. The van der Waals surface area contributed by atoms with E-state index in [4.69, 9.17) is 5.10 Å². The van der Waals surface area contributed by atoms with Crippen molar-refractivity contribution in [1.29, 1.82) is 5.26 Å². The molecule has 6 heteroatoms. The second-order valence-electron chi connectivity index (χ2n) is 9.08. The number of nitrogens with zero attached hydrogens (tertiary/aromatic N) is 3. The van der Waals surface area contributed by atoms with Gasteiger partial charge in [-0.1, -0.05) is 70.5 Å². The van der Waals surface area contributed by atoms with Crippen LogP contribution in [-0.2, 0) is 6.54 Å². The summed E-state index contributed by atoms with van der Waals surface area (Å²) in [6.45, 7) is 4.55. The van der Waals surface area contributed by atoms with E-state index in [2.05, 4.69) is 39.4 Å². The number of aromatic nitrogens is 2. The second-order valence-corrected chi connectivity index (χ2v) is 9.99. The molecule has 1 aromatic heterocycles. The van der Waals surface area contributed by atoms with Crippen molar-refractivity contribution in [3.63, 3.8) is 0 Å². The Labute approximate surface area is 224 Å². The third kappa shape index (κ3) is 5.18. The fourth-order valence-corrected chi connectivity index (χ4v) is 4.78. The number of hydrogen-bond acceptors (Lipinski definition) is 3. The maximum absolute atomic E-state index is 13.0. The van der Waals surface area contributed by atoms with Crippen LogP contribution in [0.25, 0.3) is 22.0 Å². The average molecular weight is 549 g/mol. The molecule has 0 aliphatic rings. The number of carbonyl (C=O) groups is 1. The molecule has 0 radical (unpaired) electrons. The van der Waals surface area contributed by atoms with E-state index in [0.717, 1.165) is 43.3 Å². The van der Waals surface area contributed by atoms with Crippen LogP contribution in [0, 0.1) is 18.3 Å². The third-order valence-electron chi connectivity index (χ3n) is 6.56. The van der Waals surface area contributed by atoms with Gasteiger partial charge in [-0.3, -0.25) is 9.48 Å². The Hall–Kier alpha value is -4.21. The monoisotopic (exact) mass is 548 g/mol. The minimum atomic E-state index is -0.113. The lowest BCUT2D eigenvalue weighted by Crippen LogP contribution is -2.26. The summed E-state index contributed by atoms with van der Waals surface area (Å²) in [6.07, 6.45) is 0. The summed E-state index contributed by atoms with van der Waals surface area (Å²) in [7, 11) is 0. The van der Waals surface area contributed by atoms with Crippen molar-refractivity contribution in [2.75, 3.05) is 0 Å². The molecule has 5 aromatic rings. The molecule has 1 N–H and O–H groups in total. The van der Waals surface area contributed by atoms with Gasteiger partial charge in [0, 0.05) is 15.4 Å². The highest BCUT2D eigenvalue weighted by Gasteiger charge is 2.15. The largest absolute Gasteiger partial charge is 0.346 e. The molecule has 0 spiro atoms. The summed E-state index contributed by atoms with van der Waals surface area (Å²) in [5, 5.41) is 18.2. The number of carbonyl (C=O) groups excluding carboxylic acids is 1. The van der Waals surface area contributed by atoms with Crippen molar-refractivity contribution >= 4 is 32.7 Å². The van der Waals surface area contributed by atoms with E-state index in [1.807, 2.05) is 97.4 Å². The zero-order chi connectivity index (χ0) is 25.9. The first-order valence-corrected chi connectivity index (χ1v) is 12.8. The third-order valence-corrected chi connectivity index (χ3v) is 7.09. The number of rotatable bonds is 6. The molecule has 1 atom stereocenters. The van der Waals surface area contributed by atoms with Gasteiger partial charge in [-0.05, 0) is 72.5 Å². The van der Waals surface area contributed by atoms with Crippen molar-refractivity contribution in [3.05, 3.63) is 123 Å². The van der Waals surface area contributed by atoms with Crippen LogP contribution in [0.5, 0.6) is 0 Å². The Bertz CT molecular complexity index is 1630. The summed E-state index contributed by atoms with van der Waals surface area (Å²) in [4.78, 5) is 13.0. The normalized spacial score (nSPS) is 11.7. The lowest BCUT2D eigenvalue weighted by molar-refractivity contribution is 0.0940. The highest BCUT2D eigenvalue weighted by molar-refractivity contribution is 9.10. The number of benzene rings is 4. The van der Waals surface area contributed by atoms with Crippen LogP contribution >= 0.6 is 15.9 Å². The van der Waals surface area contributed by atoms with Crippen LogP contribution in [0.1, 0.15) is 45.7 Å². The molecule has 5 nitrogen and oxygen atoms in total. The fraction of sp³-hybridized carbons (Fsp3) is 0.129. The SMILES string of the molecule is Cc1nn(Cc2ccc(-c3ccccc3C#N)cc2)c2ccc(C(=O)NC(C)c3ccc(Br)cc3)cc12. The van der Waals surface area contributed by atoms with Crippen molar-refractivity contribution in [2.24, 2.45) is 0 Å². The first kappa shape index (κ1) is 24.5. The minimum absolute atomic E-state index is 0.108. The van der Waals surface area contributed by atoms with Gasteiger partial charge in [0.1, 0.15) is 0 Å². The van der Waals surface area contributed by atoms with E-state index >= 15 is 0 Å². The molecular weight excluding hydrogens is 524 g/mol. The standard InChI is InChI=1S/C31H25BrN4O/c1-20(23-11-14-27(32)15-12-23)34-31(37)25-13-16-30-29(17-25)21(2)35-36(30)19-22-7-9-24(10-8-22)28-6-4-3-5-26(28)18-33/h3-17,20H,19H2,1-2H3,(H,34,37). The number of halogens is 1. The van der Waals surface area contributed by atoms with Gasteiger partial charge in [-0.2, -0.15) is 10.4 Å². The number of hydrogen-bond donors (Lipinski definition) is 1. The molecule has 0 bridgehead atoms. The van der Waals surface area contributed by atoms with Crippen LogP contribution in [0.4, 0.5) is 0 Å². The van der Waals surface area contributed by atoms with Gasteiger partial charge in [-0.15, -0.1) is 0 Å². The number of amides is 1. The molecule has 1 amide bonds. The molecule has 0 aliphatic carbocycles. The quantitative estimate of drug-likeness (QED) is 0.244. The molecule has 37 heavy (non-hydrogen) atoms. The van der Waals surface area contributed by atoms with Gasteiger partial charge in [-0.25, -0.2) is 0 Å². The van der Waals surface area contributed by atoms with Crippen molar-refractivity contribution < 1.29 is 4.79 Å². The van der Waals surface area contributed by atoms with Gasteiger partial charge in [0.25, 0.3) is 5.91 Å². The van der Waals surface area contributed by atoms with E-state index in [1.54, 1.807) is 0 Å². The van der Waals surface area contributed by atoms with Gasteiger partial charge in [0.15, 0.2) is 0 Å². The van der Waals surface area contributed by atoms with E-state index in [1.165, 1.54) is 0 Å². The first-order valence-electron chi connectivity index (χ1n) is 12.0. The summed E-state index contributed by atoms with van der Waals surface area (Å²) >= 11 is 3.45. The van der Waals surface area contributed by atoms with E-state index < -0.39 is 0 Å². The zero-order valence-electron chi connectivity index (χ0n) is 20.6. The molecule has 0 saturated carbocycles. The van der Waals surface area contributed by atoms with Crippen LogP contribution in [0.2, 0.25) is 0 Å². The number of nitrogens with one attached hydrogen (secondary N) is 1. The molecule has 5 rings (SSSR count). The Morgan fingerprint density at radius 3 is 2.49 bits per heavy atom. The highest BCUT2D eigenvalue weighted by Crippen LogP contribution is 2.25. The van der Waals surface area contributed by atoms with Gasteiger partial charge in [0.05, 0.1) is 35.4 Å². The zero-order valence-corrected chi connectivity index (χ0v) is 22.2. The number of fused-ring (bicyclic) bond motifs is 1. The predicted octanol–water partition coefficient (Wildman–Crippen LogP) is 7.19. The maximum atomic E-state index is 13.0. The van der Waals surface area contributed by atoms with Crippen LogP contribution in [0.15, 0.2) is 95.5 Å². The van der Waals surface area contributed by atoms with E-state index in [0.29, 0.717) is 17.7 Å². The summed E-state index contributed by atoms with van der Waals surface area (Å²) < 4.78 is 2.97. The van der Waals surface area contributed by atoms with E-state index in [9.17, 15) is 10.1 Å². The minimum Gasteiger partial charge on any atom is -0.346 e. The van der Waals surface area contributed by atoms with Crippen LogP contribution in [-0.4, -0.2) is 15.7 Å². The van der Waals surface area contributed by atoms with Crippen LogP contribution in [0.3, 0.4) is 0 Å². The number of nitriles is 1. The Morgan fingerprint density at radius 2 is 1.76 bits per heavy atom. The Balaban J connectivity index is 1.34. The number of aryl methyl sites for hydroxylation is 1. The lowest BCUT2D eigenvalue weighted by atomic mass is 9.99. The predicted molar refractivity (Wildman–Crippen MR) is 150 cm³/mol. The Kier molecular flexibility index (Phi) is 6.89. The van der Waals surface area contributed by atoms with Crippen molar-refractivity contribution in [3.8, 4) is 17.2 Å². The van der Waals surface area contributed by atoms with Crippen molar-refractivity contribution in [2.45, 2.75) is 26.4 Å². The summed E-state index contributed by atoms with van der Waals surface area (Å²) in [5.74, 6) is -0.113. The van der Waals surface area contributed by atoms with Crippen LogP contribution < -0.4 is 5.32 Å². The van der Waals surface area contributed by atoms with Gasteiger partial charge >= 0.3 is 0 Å². The molecule has 4 aromatic carbocycles. The van der Waals surface area contributed by atoms with Gasteiger partial charge < -0.3 is 5.32 Å². The molecule has 0 fully saturated rings. The maximum Gasteiger partial charge on any atom is 0.251 e. The lowest BCUT2D eigenvalue weighted by Gasteiger charge is -2.14. The average Bonchev–Trinajstić information content (AvgIpc) is 3.23. The topological polar surface area (TPSA) is 70.7 Å². The molecule has 1 unspecified atom stereocenters. The van der Waals surface area contributed by atoms with Gasteiger partial charge in [0.2, 0.25) is 0 Å². The molecular formula is C31H25BrN4O. The summed E-state index contributed by atoms with van der Waals surface area (Å²) in [6, 6.07) is 31.7. The Morgan fingerprint density at radius 1 is 1.03 bits per heavy atom. The summed E-state index contributed by atoms with van der Waals surface area (Å²) in [5.41, 5.74) is 7.22. The molecule has 0 aliphatic heterocycles. The highest BCUT2D eigenvalue weighted by atomic mass is 79.9. The second kappa shape index (κ2) is 10.4.